The molecule has 130 valence electrons. The molecule has 0 spiro atoms. The minimum Gasteiger partial charge on any atom is -0.290 e. The molecule has 4 heterocycles. The molecule has 25 heavy (non-hydrogen) atoms. The molecule has 1 aliphatic heterocycles. The van der Waals surface area contributed by atoms with E-state index in [0.29, 0.717) is 24.7 Å². The fraction of sp³-hybridized carbons (Fsp3) is 0.471. The number of hydrogen-bond donors (Lipinski definition) is 0. The zero-order valence-electron chi connectivity index (χ0n) is 14.5. The van der Waals surface area contributed by atoms with Crippen molar-refractivity contribution in [3.05, 3.63) is 52.1 Å². The topological polar surface area (TPSA) is 81.2 Å². The number of aromatic nitrogens is 6. The molecule has 1 aliphatic rings. The second-order valence-electron chi connectivity index (χ2n) is 6.89. The molecule has 3 aromatic rings. The summed E-state index contributed by atoms with van der Waals surface area (Å²) in [5.41, 5.74) is 1.43. The third-order valence-electron chi connectivity index (χ3n) is 4.42. The molecule has 0 amide bonds. The zero-order valence-corrected chi connectivity index (χ0v) is 14.5. The van der Waals surface area contributed by atoms with Crippen LogP contribution in [0.3, 0.4) is 0 Å². The van der Waals surface area contributed by atoms with Crippen LogP contribution in [0.1, 0.15) is 31.1 Å². The SMILES string of the molecule is CC(C)Cc1nnc2c(=O)n3c(nn12)CN(Cc1ccncc1)CC3. The average Bonchev–Trinajstić information content (AvgIpc) is 2.98. The predicted octanol–water partition coefficient (Wildman–Crippen LogP) is 0.895. The Morgan fingerprint density at radius 1 is 1.16 bits per heavy atom. The normalized spacial score (nSPS) is 15.0. The number of pyridine rings is 1. The van der Waals surface area contributed by atoms with E-state index in [2.05, 4.69) is 39.0 Å². The summed E-state index contributed by atoms with van der Waals surface area (Å²) in [7, 11) is 0. The molecule has 8 heteroatoms. The van der Waals surface area contributed by atoms with Gasteiger partial charge in [0.15, 0.2) is 5.82 Å². The molecular formula is C17H21N7O. The fourth-order valence-corrected chi connectivity index (χ4v) is 3.20. The maximum atomic E-state index is 12.7. The molecule has 0 N–H and O–H groups in total. The molecule has 0 saturated heterocycles. The van der Waals surface area contributed by atoms with Crippen molar-refractivity contribution >= 4 is 5.65 Å². The number of fused-ring (bicyclic) bond motifs is 2. The fourth-order valence-electron chi connectivity index (χ4n) is 3.20. The van der Waals surface area contributed by atoms with E-state index in [0.717, 1.165) is 31.2 Å². The zero-order chi connectivity index (χ0) is 17.4. The second-order valence-corrected chi connectivity index (χ2v) is 6.89. The Labute approximate surface area is 145 Å². The van der Waals surface area contributed by atoms with E-state index in [1.165, 1.54) is 5.56 Å². The van der Waals surface area contributed by atoms with E-state index >= 15 is 0 Å². The Bertz CT molecular complexity index is 945. The number of hydrogen-bond acceptors (Lipinski definition) is 6. The first-order chi connectivity index (χ1) is 12.1. The molecule has 0 aromatic carbocycles. The van der Waals surface area contributed by atoms with Crippen LogP contribution in [0.15, 0.2) is 29.3 Å². The molecule has 0 fully saturated rings. The van der Waals surface area contributed by atoms with Crippen LogP contribution < -0.4 is 5.56 Å². The van der Waals surface area contributed by atoms with E-state index in [1.54, 1.807) is 21.5 Å². The van der Waals surface area contributed by atoms with Gasteiger partial charge in [-0.15, -0.1) is 15.3 Å². The lowest BCUT2D eigenvalue weighted by Gasteiger charge is -2.28. The molecule has 0 radical (unpaired) electrons. The highest BCUT2D eigenvalue weighted by atomic mass is 16.1. The van der Waals surface area contributed by atoms with Crippen molar-refractivity contribution < 1.29 is 0 Å². The second kappa shape index (κ2) is 6.36. The van der Waals surface area contributed by atoms with Crippen LogP contribution in [0.25, 0.3) is 5.65 Å². The van der Waals surface area contributed by atoms with Crippen LogP contribution in [0.2, 0.25) is 0 Å². The van der Waals surface area contributed by atoms with Crippen molar-refractivity contribution in [2.75, 3.05) is 6.54 Å². The summed E-state index contributed by atoms with van der Waals surface area (Å²) in [6.07, 6.45) is 4.35. The summed E-state index contributed by atoms with van der Waals surface area (Å²) < 4.78 is 3.36. The maximum Gasteiger partial charge on any atom is 0.299 e. The predicted molar refractivity (Wildman–Crippen MR) is 91.9 cm³/mol. The Hall–Kier alpha value is -2.61. The summed E-state index contributed by atoms with van der Waals surface area (Å²) in [6.45, 7) is 7.10. The van der Waals surface area contributed by atoms with E-state index in [9.17, 15) is 4.79 Å². The van der Waals surface area contributed by atoms with Gasteiger partial charge in [0, 0.05) is 38.4 Å². The van der Waals surface area contributed by atoms with Crippen molar-refractivity contribution in [2.45, 2.75) is 39.9 Å². The molecule has 0 bridgehead atoms. The summed E-state index contributed by atoms with van der Waals surface area (Å²) in [5.74, 6) is 1.94. The van der Waals surface area contributed by atoms with Crippen LogP contribution in [-0.2, 0) is 26.1 Å². The molecular weight excluding hydrogens is 318 g/mol. The third-order valence-corrected chi connectivity index (χ3v) is 4.42. The van der Waals surface area contributed by atoms with Crippen molar-refractivity contribution in [2.24, 2.45) is 5.92 Å². The lowest BCUT2D eigenvalue weighted by molar-refractivity contribution is 0.201. The van der Waals surface area contributed by atoms with E-state index in [1.807, 2.05) is 12.1 Å². The molecule has 4 rings (SSSR count). The molecule has 0 aliphatic carbocycles. The first-order valence-electron chi connectivity index (χ1n) is 8.57. The van der Waals surface area contributed by atoms with Crippen LogP contribution in [0.4, 0.5) is 0 Å². The Morgan fingerprint density at radius 3 is 2.72 bits per heavy atom. The molecule has 3 aromatic heterocycles. The van der Waals surface area contributed by atoms with Gasteiger partial charge in [0.1, 0.15) is 5.82 Å². The Balaban J connectivity index is 1.66. The lowest BCUT2D eigenvalue weighted by atomic mass is 10.1. The Kier molecular flexibility index (Phi) is 4.04. The van der Waals surface area contributed by atoms with E-state index < -0.39 is 0 Å². The van der Waals surface area contributed by atoms with E-state index in [4.69, 9.17) is 0 Å². The summed E-state index contributed by atoms with van der Waals surface area (Å²) >= 11 is 0. The van der Waals surface area contributed by atoms with Gasteiger partial charge in [-0.3, -0.25) is 19.2 Å². The lowest BCUT2D eigenvalue weighted by Crippen LogP contribution is -2.40. The summed E-state index contributed by atoms with van der Waals surface area (Å²) in [4.78, 5) is 19.1. The van der Waals surface area contributed by atoms with Crippen LogP contribution in [-0.4, -0.2) is 40.8 Å². The highest BCUT2D eigenvalue weighted by Crippen LogP contribution is 2.13. The first kappa shape index (κ1) is 15.9. The van der Waals surface area contributed by atoms with Gasteiger partial charge in [0.2, 0.25) is 5.65 Å². The average molecular weight is 339 g/mol. The van der Waals surface area contributed by atoms with Gasteiger partial charge >= 0.3 is 0 Å². The number of nitrogens with zero attached hydrogens (tertiary/aromatic N) is 7. The minimum absolute atomic E-state index is 0.101. The standard InChI is InChI=1S/C17H21N7O/c1-12(2)9-14-19-20-16-17(25)23-8-7-22(11-15(23)21-24(14)16)10-13-3-5-18-6-4-13/h3-6,12H,7-11H2,1-2H3. The van der Waals surface area contributed by atoms with Crippen molar-refractivity contribution in [1.29, 1.82) is 0 Å². The van der Waals surface area contributed by atoms with Crippen molar-refractivity contribution in [3.8, 4) is 0 Å². The highest BCUT2D eigenvalue weighted by Gasteiger charge is 2.22. The molecule has 0 atom stereocenters. The van der Waals surface area contributed by atoms with Gasteiger partial charge in [-0.1, -0.05) is 13.8 Å². The molecule has 0 saturated carbocycles. The van der Waals surface area contributed by atoms with E-state index in [-0.39, 0.29) is 5.56 Å². The van der Waals surface area contributed by atoms with Gasteiger partial charge < -0.3 is 0 Å². The highest BCUT2D eigenvalue weighted by molar-refractivity contribution is 5.33. The van der Waals surface area contributed by atoms with Gasteiger partial charge in [0.05, 0.1) is 6.54 Å². The molecule has 8 nitrogen and oxygen atoms in total. The quantitative estimate of drug-likeness (QED) is 0.702. The largest absolute Gasteiger partial charge is 0.299 e. The Morgan fingerprint density at radius 2 is 1.96 bits per heavy atom. The van der Waals surface area contributed by atoms with Crippen molar-refractivity contribution in [1.82, 2.24) is 34.3 Å². The monoisotopic (exact) mass is 339 g/mol. The smallest absolute Gasteiger partial charge is 0.290 e. The summed E-state index contributed by atoms with van der Waals surface area (Å²) in [5, 5.41) is 12.9. The maximum absolute atomic E-state index is 12.7. The first-order valence-corrected chi connectivity index (χ1v) is 8.57. The van der Waals surface area contributed by atoms with Crippen molar-refractivity contribution in [3.63, 3.8) is 0 Å². The summed E-state index contributed by atoms with van der Waals surface area (Å²) in [6, 6.07) is 4.03. The van der Waals surface area contributed by atoms with Gasteiger partial charge in [-0.2, -0.15) is 4.52 Å². The van der Waals surface area contributed by atoms with Crippen LogP contribution in [0, 0.1) is 5.92 Å². The van der Waals surface area contributed by atoms with Crippen LogP contribution in [0.5, 0.6) is 0 Å². The van der Waals surface area contributed by atoms with Gasteiger partial charge in [0.25, 0.3) is 5.56 Å². The van der Waals surface area contributed by atoms with Gasteiger partial charge in [-0.05, 0) is 23.6 Å². The van der Waals surface area contributed by atoms with Crippen LogP contribution >= 0.6 is 0 Å². The minimum atomic E-state index is -0.101. The van der Waals surface area contributed by atoms with Gasteiger partial charge in [-0.25, -0.2) is 0 Å². The molecule has 0 unspecified atom stereocenters. The number of rotatable bonds is 4. The third kappa shape index (κ3) is 3.05.